The molecule has 0 saturated carbocycles. The molecule has 2 amide bonds. The van der Waals surface area contributed by atoms with Gasteiger partial charge in [0.15, 0.2) is 6.61 Å². The van der Waals surface area contributed by atoms with Crippen molar-refractivity contribution in [3.8, 4) is 0 Å². The number of carbonyl (C=O) groups is 3. The highest BCUT2D eigenvalue weighted by molar-refractivity contribution is 6.30. The van der Waals surface area contributed by atoms with Crippen LogP contribution in [-0.2, 0) is 25.5 Å². The zero-order valence-corrected chi connectivity index (χ0v) is 17.2. The van der Waals surface area contributed by atoms with Crippen LogP contribution in [-0.4, -0.2) is 30.9 Å². The topological polar surface area (TPSA) is 75.7 Å². The van der Waals surface area contributed by atoms with E-state index in [1.807, 2.05) is 38.1 Å². The molecule has 1 aliphatic rings. The third kappa shape index (κ3) is 4.95. The maximum atomic E-state index is 12.4. The number of hydrogen-bond acceptors (Lipinski definition) is 4. The molecule has 152 valence electrons. The first-order valence-electron chi connectivity index (χ1n) is 9.50. The van der Waals surface area contributed by atoms with Gasteiger partial charge in [-0.2, -0.15) is 0 Å². The van der Waals surface area contributed by atoms with Crippen LogP contribution in [0.2, 0.25) is 5.02 Å². The molecule has 1 fully saturated rings. The van der Waals surface area contributed by atoms with Gasteiger partial charge in [0.25, 0.3) is 5.91 Å². The van der Waals surface area contributed by atoms with E-state index >= 15 is 0 Å². The molecular formula is C22H23ClN2O4. The second-order valence-electron chi connectivity index (χ2n) is 7.00. The lowest BCUT2D eigenvalue weighted by molar-refractivity contribution is -0.151. The highest BCUT2D eigenvalue weighted by Crippen LogP contribution is 2.29. The molecule has 1 N–H and O–H groups in total. The number of nitrogens with one attached hydrogen (secondary N) is 1. The maximum absolute atomic E-state index is 12.4. The van der Waals surface area contributed by atoms with Gasteiger partial charge in [0, 0.05) is 29.4 Å². The highest BCUT2D eigenvalue weighted by Gasteiger charge is 2.37. The van der Waals surface area contributed by atoms with Crippen molar-refractivity contribution in [1.82, 2.24) is 0 Å². The molecule has 0 aromatic heterocycles. The monoisotopic (exact) mass is 414 g/mol. The first-order valence-corrected chi connectivity index (χ1v) is 9.87. The Balaban J connectivity index is 1.56. The summed E-state index contributed by atoms with van der Waals surface area (Å²) in [5.41, 5.74) is 3.29. The summed E-state index contributed by atoms with van der Waals surface area (Å²) in [7, 11) is 0. The first-order chi connectivity index (χ1) is 13.9. The fourth-order valence-corrected chi connectivity index (χ4v) is 3.61. The van der Waals surface area contributed by atoms with E-state index in [2.05, 4.69) is 5.32 Å². The van der Waals surface area contributed by atoms with Gasteiger partial charge in [-0.3, -0.25) is 14.4 Å². The lowest BCUT2D eigenvalue weighted by Crippen LogP contribution is -2.28. The van der Waals surface area contributed by atoms with Gasteiger partial charge in [-0.05, 0) is 48.7 Å². The first kappa shape index (κ1) is 20.9. The van der Waals surface area contributed by atoms with E-state index < -0.39 is 24.4 Å². The van der Waals surface area contributed by atoms with Crippen molar-refractivity contribution in [3.05, 3.63) is 58.6 Å². The van der Waals surface area contributed by atoms with Crippen molar-refractivity contribution < 1.29 is 19.1 Å². The van der Waals surface area contributed by atoms with Crippen LogP contribution >= 0.6 is 11.6 Å². The van der Waals surface area contributed by atoms with E-state index in [-0.39, 0.29) is 18.9 Å². The Bertz CT molecular complexity index is 944. The molecule has 29 heavy (non-hydrogen) atoms. The zero-order valence-electron chi connectivity index (χ0n) is 16.4. The van der Waals surface area contributed by atoms with Gasteiger partial charge in [-0.25, -0.2) is 0 Å². The number of aryl methyl sites for hydroxylation is 2. The van der Waals surface area contributed by atoms with E-state index in [0.717, 1.165) is 23.2 Å². The molecule has 7 heteroatoms. The number of ether oxygens (including phenoxy) is 1. The summed E-state index contributed by atoms with van der Waals surface area (Å²) in [6, 6.07) is 12.7. The lowest BCUT2D eigenvalue weighted by Gasteiger charge is -2.19. The molecule has 0 aliphatic carbocycles. The normalized spacial score (nSPS) is 16.0. The third-order valence-electron chi connectivity index (χ3n) is 4.93. The van der Waals surface area contributed by atoms with Crippen molar-refractivity contribution >= 4 is 40.8 Å². The molecule has 0 unspecified atom stereocenters. The number of carbonyl (C=O) groups excluding carboxylic acids is 3. The SMILES string of the molecule is CCc1ccccc1N1C[C@@H](C(=O)OCC(=O)Nc2ccc(Cl)cc2C)CC1=O. The number of anilines is 2. The number of halogens is 1. The molecule has 1 saturated heterocycles. The summed E-state index contributed by atoms with van der Waals surface area (Å²) in [5.74, 6) is -1.69. The largest absolute Gasteiger partial charge is 0.455 e. The predicted molar refractivity (Wildman–Crippen MR) is 112 cm³/mol. The van der Waals surface area contributed by atoms with Crippen LogP contribution in [0.15, 0.2) is 42.5 Å². The van der Waals surface area contributed by atoms with Crippen molar-refractivity contribution in [1.29, 1.82) is 0 Å². The number of benzene rings is 2. The van der Waals surface area contributed by atoms with E-state index in [1.54, 1.807) is 23.1 Å². The molecule has 0 spiro atoms. The Morgan fingerprint density at radius 2 is 2.00 bits per heavy atom. The Hall–Kier alpha value is -2.86. The maximum Gasteiger partial charge on any atom is 0.311 e. The van der Waals surface area contributed by atoms with Crippen LogP contribution in [0, 0.1) is 12.8 Å². The second kappa shape index (κ2) is 9.09. The average Bonchev–Trinajstić information content (AvgIpc) is 3.09. The Labute approximate surface area is 174 Å². The van der Waals surface area contributed by atoms with Crippen LogP contribution in [0.4, 0.5) is 11.4 Å². The number of amides is 2. The van der Waals surface area contributed by atoms with Crippen LogP contribution in [0.3, 0.4) is 0 Å². The fraction of sp³-hybridized carbons (Fsp3) is 0.318. The number of hydrogen-bond donors (Lipinski definition) is 1. The number of nitrogens with zero attached hydrogens (tertiary/aromatic N) is 1. The standard InChI is InChI=1S/C22H23ClN2O4/c1-3-15-6-4-5-7-19(15)25-12-16(11-21(25)27)22(28)29-13-20(26)24-18-9-8-17(23)10-14(18)2/h4-10,16H,3,11-13H2,1-2H3,(H,24,26)/t16-/m0/s1. The van der Waals surface area contributed by atoms with Crippen molar-refractivity contribution in [2.24, 2.45) is 5.92 Å². The number of esters is 1. The zero-order chi connectivity index (χ0) is 21.0. The molecule has 3 rings (SSSR count). The van der Waals surface area contributed by atoms with E-state index in [4.69, 9.17) is 16.3 Å². The minimum Gasteiger partial charge on any atom is -0.455 e. The van der Waals surface area contributed by atoms with Gasteiger partial charge < -0.3 is 15.0 Å². The fourth-order valence-electron chi connectivity index (χ4n) is 3.38. The number of rotatable bonds is 6. The molecule has 0 radical (unpaired) electrons. The molecule has 1 atom stereocenters. The second-order valence-corrected chi connectivity index (χ2v) is 7.44. The van der Waals surface area contributed by atoms with Crippen molar-refractivity contribution in [2.75, 3.05) is 23.4 Å². The summed E-state index contributed by atoms with van der Waals surface area (Å²) >= 11 is 5.90. The van der Waals surface area contributed by atoms with E-state index in [1.165, 1.54) is 0 Å². The summed E-state index contributed by atoms with van der Waals surface area (Å²) in [6.07, 6.45) is 0.869. The molecule has 2 aromatic carbocycles. The molecule has 2 aromatic rings. The molecular weight excluding hydrogens is 392 g/mol. The summed E-state index contributed by atoms with van der Waals surface area (Å²) in [5, 5.41) is 3.27. The van der Waals surface area contributed by atoms with Gasteiger partial charge >= 0.3 is 5.97 Å². The minimum atomic E-state index is -0.586. The van der Waals surface area contributed by atoms with Gasteiger partial charge in [-0.1, -0.05) is 36.7 Å². The van der Waals surface area contributed by atoms with Gasteiger partial charge in [0.2, 0.25) is 5.91 Å². The molecule has 1 aliphatic heterocycles. The van der Waals surface area contributed by atoms with Crippen LogP contribution < -0.4 is 10.2 Å². The third-order valence-corrected chi connectivity index (χ3v) is 5.16. The van der Waals surface area contributed by atoms with Gasteiger partial charge in [0.1, 0.15) is 0 Å². The van der Waals surface area contributed by atoms with E-state index in [9.17, 15) is 14.4 Å². The molecule has 1 heterocycles. The minimum absolute atomic E-state index is 0.0782. The molecule has 0 bridgehead atoms. The quantitative estimate of drug-likeness (QED) is 0.730. The smallest absolute Gasteiger partial charge is 0.311 e. The lowest BCUT2D eigenvalue weighted by atomic mass is 10.1. The Kier molecular flexibility index (Phi) is 6.54. The average molecular weight is 415 g/mol. The summed E-state index contributed by atoms with van der Waals surface area (Å²) in [4.78, 5) is 38.6. The summed E-state index contributed by atoms with van der Waals surface area (Å²) in [6.45, 7) is 3.69. The Morgan fingerprint density at radius 1 is 1.24 bits per heavy atom. The van der Waals surface area contributed by atoms with Gasteiger partial charge in [0.05, 0.1) is 5.92 Å². The Morgan fingerprint density at radius 3 is 2.72 bits per heavy atom. The van der Waals surface area contributed by atoms with Crippen molar-refractivity contribution in [3.63, 3.8) is 0 Å². The number of para-hydroxylation sites is 1. The van der Waals surface area contributed by atoms with Crippen LogP contribution in [0.1, 0.15) is 24.5 Å². The van der Waals surface area contributed by atoms with Crippen LogP contribution in [0.5, 0.6) is 0 Å². The van der Waals surface area contributed by atoms with Crippen LogP contribution in [0.25, 0.3) is 0 Å². The van der Waals surface area contributed by atoms with Gasteiger partial charge in [-0.15, -0.1) is 0 Å². The van der Waals surface area contributed by atoms with E-state index in [0.29, 0.717) is 10.7 Å². The predicted octanol–water partition coefficient (Wildman–Crippen LogP) is 3.75. The molecule has 6 nitrogen and oxygen atoms in total. The summed E-state index contributed by atoms with van der Waals surface area (Å²) < 4.78 is 5.16. The highest BCUT2D eigenvalue weighted by atomic mass is 35.5. The van der Waals surface area contributed by atoms with Crippen molar-refractivity contribution in [2.45, 2.75) is 26.7 Å².